The molecular formula is C20H14N4O3S3. The van der Waals surface area contributed by atoms with Gasteiger partial charge >= 0.3 is 0 Å². The van der Waals surface area contributed by atoms with Gasteiger partial charge in [-0.15, -0.1) is 27.2 Å². The van der Waals surface area contributed by atoms with E-state index < -0.39 is 0 Å². The third kappa shape index (κ3) is 3.76. The van der Waals surface area contributed by atoms with E-state index in [0.717, 1.165) is 20.2 Å². The number of rotatable bonds is 5. The first-order valence-electron chi connectivity index (χ1n) is 8.93. The zero-order chi connectivity index (χ0) is 20.7. The van der Waals surface area contributed by atoms with Gasteiger partial charge in [-0.1, -0.05) is 17.8 Å². The van der Waals surface area contributed by atoms with Gasteiger partial charge in [-0.05, 0) is 36.6 Å². The third-order valence-corrected chi connectivity index (χ3v) is 7.30. The summed E-state index contributed by atoms with van der Waals surface area (Å²) in [6, 6.07) is 12.5. The van der Waals surface area contributed by atoms with Crippen LogP contribution in [0.1, 0.15) is 21.1 Å². The summed E-state index contributed by atoms with van der Waals surface area (Å²) in [7, 11) is 0. The lowest BCUT2D eigenvalue weighted by Crippen LogP contribution is -2.12. The number of thiazole rings is 1. The number of nitrogens with zero attached hydrogens (tertiary/aromatic N) is 3. The molecule has 0 aliphatic heterocycles. The van der Waals surface area contributed by atoms with E-state index in [1.807, 2.05) is 29.6 Å². The Hall–Kier alpha value is -2.95. The summed E-state index contributed by atoms with van der Waals surface area (Å²) in [5, 5.41) is 4.79. The first-order valence-corrected chi connectivity index (χ1v) is 11.6. The lowest BCUT2D eigenvalue weighted by Gasteiger charge is -2.02. The Labute approximate surface area is 182 Å². The van der Waals surface area contributed by atoms with Gasteiger partial charge in [0.05, 0.1) is 20.8 Å². The average Bonchev–Trinajstić information content (AvgIpc) is 3.45. The number of benzene rings is 1. The molecule has 150 valence electrons. The standard InChI is InChI=1S/C20H14N4O3S3/c1-11-7-17-21-13(9-18(25)24(17)27-11)10-29-20-23-14-5-4-12(8-16(14)30-20)22-19(26)15-3-2-6-28-15/h2-9H,10H2,1H3,(H,22,26). The van der Waals surface area contributed by atoms with E-state index in [0.29, 0.717) is 27.7 Å². The quantitative estimate of drug-likeness (QED) is 0.383. The van der Waals surface area contributed by atoms with Crippen molar-refractivity contribution in [1.29, 1.82) is 0 Å². The zero-order valence-corrected chi connectivity index (χ0v) is 18.1. The molecule has 1 N–H and O–H groups in total. The predicted octanol–water partition coefficient (Wildman–Crippen LogP) is 4.81. The molecule has 30 heavy (non-hydrogen) atoms. The van der Waals surface area contributed by atoms with E-state index in [-0.39, 0.29) is 11.5 Å². The maximum absolute atomic E-state index is 12.2. The first-order chi connectivity index (χ1) is 14.5. The number of anilines is 1. The Balaban J connectivity index is 1.33. The maximum Gasteiger partial charge on any atom is 0.287 e. The minimum absolute atomic E-state index is 0.120. The molecule has 0 atom stereocenters. The predicted molar refractivity (Wildman–Crippen MR) is 120 cm³/mol. The van der Waals surface area contributed by atoms with Gasteiger partial charge in [-0.25, -0.2) is 9.97 Å². The van der Waals surface area contributed by atoms with Gasteiger partial charge in [-0.3, -0.25) is 9.59 Å². The third-order valence-electron chi connectivity index (χ3n) is 4.24. The van der Waals surface area contributed by atoms with Crippen LogP contribution in [0.2, 0.25) is 0 Å². The monoisotopic (exact) mass is 454 g/mol. The van der Waals surface area contributed by atoms with E-state index in [4.69, 9.17) is 4.52 Å². The molecule has 5 aromatic rings. The molecule has 0 saturated carbocycles. The number of nitrogens with one attached hydrogen (secondary N) is 1. The molecule has 4 aromatic heterocycles. The molecule has 0 unspecified atom stereocenters. The maximum atomic E-state index is 12.2. The van der Waals surface area contributed by atoms with Crippen LogP contribution in [0.4, 0.5) is 5.69 Å². The Morgan fingerprint density at radius 3 is 2.97 bits per heavy atom. The van der Waals surface area contributed by atoms with Crippen LogP contribution in [-0.2, 0) is 5.75 Å². The molecule has 0 aliphatic rings. The van der Waals surface area contributed by atoms with Gasteiger partial charge in [-0.2, -0.15) is 0 Å². The molecule has 1 amide bonds. The van der Waals surface area contributed by atoms with Crippen LogP contribution in [-0.4, -0.2) is 20.4 Å². The number of carbonyl (C=O) groups is 1. The highest BCUT2D eigenvalue weighted by molar-refractivity contribution is 8.00. The SMILES string of the molecule is Cc1cc2nc(CSc3nc4ccc(NC(=O)c5cccs5)cc4s3)cc(=O)n2o1. The van der Waals surface area contributed by atoms with Crippen LogP contribution in [0.3, 0.4) is 0 Å². The zero-order valence-electron chi connectivity index (χ0n) is 15.6. The van der Waals surface area contributed by atoms with Gasteiger partial charge in [0.25, 0.3) is 11.5 Å². The molecule has 4 heterocycles. The number of hydrogen-bond acceptors (Lipinski definition) is 8. The van der Waals surface area contributed by atoms with Crippen molar-refractivity contribution in [2.24, 2.45) is 0 Å². The minimum atomic E-state index is -0.237. The second kappa shape index (κ2) is 7.71. The number of amides is 1. The van der Waals surface area contributed by atoms with Gasteiger partial charge in [0.15, 0.2) is 9.99 Å². The molecule has 0 spiro atoms. The second-order valence-electron chi connectivity index (χ2n) is 6.47. The molecule has 0 radical (unpaired) electrons. The molecule has 0 fully saturated rings. The fraction of sp³-hybridized carbons (Fsp3) is 0.100. The van der Waals surface area contributed by atoms with E-state index in [9.17, 15) is 9.59 Å². The Morgan fingerprint density at radius 2 is 2.13 bits per heavy atom. The molecule has 0 bridgehead atoms. The molecule has 7 nitrogen and oxygen atoms in total. The fourth-order valence-corrected chi connectivity index (χ4v) is 5.55. The summed E-state index contributed by atoms with van der Waals surface area (Å²) >= 11 is 4.47. The normalized spacial score (nSPS) is 11.4. The fourth-order valence-electron chi connectivity index (χ4n) is 2.93. The van der Waals surface area contributed by atoms with Crippen molar-refractivity contribution in [2.75, 3.05) is 5.32 Å². The Morgan fingerprint density at radius 1 is 1.23 bits per heavy atom. The molecule has 0 saturated heterocycles. The number of aromatic nitrogens is 3. The highest BCUT2D eigenvalue weighted by Crippen LogP contribution is 2.32. The number of carbonyl (C=O) groups excluding carboxylic acids is 1. The highest BCUT2D eigenvalue weighted by atomic mass is 32.2. The van der Waals surface area contributed by atoms with Crippen molar-refractivity contribution in [3.05, 3.63) is 74.5 Å². The largest absolute Gasteiger partial charge is 0.375 e. The van der Waals surface area contributed by atoms with Crippen molar-refractivity contribution in [2.45, 2.75) is 17.0 Å². The van der Waals surface area contributed by atoms with E-state index >= 15 is 0 Å². The summed E-state index contributed by atoms with van der Waals surface area (Å²) in [5.41, 5.74) is 2.54. The summed E-state index contributed by atoms with van der Waals surface area (Å²) < 4.78 is 8.36. The number of thioether (sulfide) groups is 1. The first kappa shape index (κ1) is 19.0. The Kier molecular flexibility index (Phi) is 4.89. The van der Waals surface area contributed by atoms with Gasteiger partial charge in [0, 0.05) is 23.6 Å². The smallest absolute Gasteiger partial charge is 0.287 e. The van der Waals surface area contributed by atoms with Crippen LogP contribution in [0.25, 0.3) is 15.9 Å². The van der Waals surface area contributed by atoms with Crippen molar-refractivity contribution >= 4 is 61.9 Å². The Bertz CT molecular complexity index is 1430. The van der Waals surface area contributed by atoms with Crippen LogP contribution in [0.5, 0.6) is 0 Å². The molecular weight excluding hydrogens is 440 g/mol. The molecule has 0 aliphatic carbocycles. The van der Waals surface area contributed by atoms with E-state index in [2.05, 4.69) is 15.3 Å². The van der Waals surface area contributed by atoms with Crippen molar-refractivity contribution in [3.8, 4) is 0 Å². The van der Waals surface area contributed by atoms with Crippen LogP contribution in [0, 0.1) is 6.92 Å². The van der Waals surface area contributed by atoms with Gasteiger partial charge in [0.1, 0.15) is 5.76 Å². The summed E-state index contributed by atoms with van der Waals surface area (Å²) in [4.78, 5) is 34.2. The van der Waals surface area contributed by atoms with Crippen LogP contribution < -0.4 is 10.9 Å². The highest BCUT2D eigenvalue weighted by Gasteiger charge is 2.11. The topological polar surface area (TPSA) is 89.5 Å². The van der Waals surface area contributed by atoms with Crippen LogP contribution in [0.15, 0.2) is 61.5 Å². The van der Waals surface area contributed by atoms with Crippen molar-refractivity contribution in [1.82, 2.24) is 14.5 Å². The number of fused-ring (bicyclic) bond motifs is 2. The summed E-state index contributed by atoms with van der Waals surface area (Å²) in [6.07, 6.45) is 0. The number of aryl methyl sites for hydroxylation is 1. The second-order valence-corrected chi connectivity index (χ2v) is 9.67. The van der Waals surface area contributed by atoms with Gasteiger partial charge in [0.2, 0.25) is 0 Å². The van der Waals surface area contributed by atoms with Crippen molar-refractivity contribution < 1.29 is 9.32 Å². The minimum Gasteiger partial charge on any atom is -0.375 e. The van der Waals surface area contributed by atoms with E-state index in [1.54, 1.807) is 30.4 Å². The number of thiophene rings is 1. The molecule has 10 heteroatoms. The number of hydrogen-bond donors (Lipinski definition) is 1. The van der Waals surface area contributed by atoms with E-state index in [1.165, 1.54) is 33.7 Å². The summed E-state index contributed by atoms with van der Waals surface area (Å²) in [5.74, 6) is 1.04. The summed E-state index contributed by atoms with van der Waals surface area (Å²) in [6.45, 7) is 1.78. The van der Waals surface area contributed by atoms with Crippen molar-refractivity contribution in [3.63, 3.8) is 0 Å². The lowest BCUT2D eigenvalue weighted by molar-refractivity contribution is 0.103. The lowest BCUT2D eigenvalue weighted by atomic mass is 10.3. The van der Waals surface area contributed by atoms with Crippen LogP contribution >= 0.6 is 34.4 Å². The molecule has 5 rings (SSSR count). The average molecular weight is 455 g/mol. The molecule has 1 aromatic carbocycles. The van der Waals surface area contributed by atoms with Gasteiger partial charge < -0.3 is 9.84 Å².